The molecule has 2 aromatic rings. The van der Waals surface area contributed by atoms with Gasteiger partial charge >= 0.3 is 0 Å². The summed E-state index contributed by atoms with van der Waals surface area (Å²) in [7, 11) is 3.63. The molecule has 0 spiro atoms. The highest BCUT2D eigenvalue weighted by Crippen LogP contribution is 2.21. The zero-order chi connectivity index (χ0) is 20.5. The second-order valence-electron chi connectivity index (χ2n) is 7.47. The van der Waals surface area contributed by atoms with Crippen LogP contribution in [0.1, 0.15) is 18.4 Å². The Balaban J connectivity index is 1.43. The largest absolute Gasteiger partial charge is 0.496 e. The van der Waals surface area contributed by atoms with Gasteiger partial charge in [0.05, 0.1) is 12.9 Å². The first-order chi connectivity index (χ1) is 14.2. The van der Waals surface area contributed by atoms with Gasteiger partial charge in [-0.3, -0.25) is 4.79 Å². The molecule has 1 atom stereocenters. The second kappa shape index (κ2) is 11.2. The summed E-state index contributed by atoms with van der Waals surface area (Å²) in [6, 6.07) is 10.0. The minimum Gasteiger partial charge on any atom is -0.496 e. The van der Waals surface area contributed by atoms with Crippen LogP contribution in [0.15, 0.2) is 47.9 Å². The number of carbonyl (C=O) groups excluding carboxylic acids is 1. The Morgan fingerprint density at radius 1 is 1.28 bits per heavy atom. The van der Waals surface area contributed by atoms with E-state index in [1.165, 1.54) is 30.2 Å². The molecule has 0 bridgehead atoms. The number of hydrogen-bond donors (Lipinski definition) is 0. The Morgan fingerprint density at radius 2 is 2.07 bits per heavy atom. The molecule has 1 aromatic heterocycles. The maximum Gasteiger partial charge on any atom is 0.232 e. The monoisotopic (exact) mass is 414 g/mol. The smallest absolute Gasteiger partial charge is 0.232 e. The van der Waals surface area contributed by atoms with E-state index in [2.05, 4.69) is 27.0 Å². The molecule has 1 unspecified atom stereocenters. The molecule has 1 amide bonds. The molecule has 1 aromatic carbocycles. The van der Waals surface area contributed by atoms with E-state index in [0.717, 1.165) is 38.3 Å². The molecule has 1 aliphatic rings. The normalized spacial score (nSPS) is 17.1. The van der Waals surface area contributed by atoms with Crippen LogP contribution in [-0.2, 0) is 11.2 Å². The van der Waals surface area contributed by atoms with Gasteiger partial charge < -0.3 is 14.5 Å². The van der Waals surface area contributed by atoms with Crippen LogP contribution in [0.25, 0.3) is 0 Å². The van der Waals surface area contributed by atoms with Gasteiger partial charge in [0.1, 0.15) is 5.75 Å². The molecule has 1 aliphatic heterocycles. The topological polar surface area (TPSA) is 58.6 Å². The number of para-hydroxylation sites is 1. The fourth-order valence-corrected chi connectivity index (χ4v) is 4.52. The number of thioether (sulfide) groups is 1. The summed E-state index contributed by atoms with van der Waals surface area (Å²) in [6.07, 6.45) is 6.75. The van der Waals surface area contributed by atoms with E-state index in [4.69, 9.17) is 4.74 Å². The summed E-state index contributed by atoms with van der Waals surface area (Å²) in [5.41, 5.74) is 1.25. The minimum absolute atomic E-state index is 0.133. The van der Waals surface area contributed by atoms with Crippen molar-refractivity contribution in [2.45, 2.75) is 24.4 Å². The highest BCUT2D eigenvalue weighted by atomic mass is 32.2. The van der Waals surface area contributed by atoms with Crippen molar-refractivity contribution in [2.75, 3.05) is 46.1 Å². The number of ether oxygens (including phenoxy) is 1. The van der Waals surface area contributed by atoms with E-state index in [1.54, 1.807) is 25.6 Å². The molecule has 6 nitrogen and oxygen atoms in total. The Kier molecular flexibility index (Phi) is 8.31. The summed E-state index contributed by atoms with van der Waals surface area (Å²) in [5.74, 6) is 2.00. The van der Waals surface area contributed by atoms with E-state index in [1.807, 2.05) is 24.1 Å². The Bertz CT molecular complexity index is 774. The molecule has 156 valence electrons. The SMILES string of the molecule is COc1ccccc1CCN1CCCC(CN(C)C(=O)CSc2ncccn2)C1. The van der Waals surface area contributed by atoms with E-state index in [-0.39, 0.29) is 5.91 Å². The quantitative estimate of drug-likeness (QED) is 0.464. The van der Waals surface area contributed by atoms with Crippen molar-refractivity contribution in [3.05, 3.63) is 48.3 Å². The molecule has 7 heteroatoms. The fourth-order valence-electron chi connectivity index (χ4n) is 3.78. The standard InChI is InChI=1S/C22H30N4O2S/c1-25(21(27)17-29-22-23-11-6-12-24-22)15-18-7-5-13-26(16-18)14-10-19-8-3-4-9-20(19)28-2/h3-4,6,8-9,11-12,18H,5,7,10,13-17H2,1-2H3. The first-order valence-corrected chi connectivity index (χ1v) is 11.1. The molecule has 1 fully saturated rings. The van der Waals surface area contributed by atoms with Crippen LogP contribution >= 0.6 is 11.8 Å². The van der Waals surface area contributed by atoms with Crippen molar-refractivity contribution < 1.29 is 9.53 Å². The van der Waals surface area contributed by atoms with Crippen LogP contribution < -0.4 is 4.74 Å². The fraction of sp³-hybridized carbons (Fsp3) is 0.500. The third kappa shape index (κ3) is 6.72. The summed E-state index contributed by atoms with van der Waals surface area (Å²) in [6.45, 7) is 4.00. The van der Waals surface area contributed by atoms with Gasteiger partial charge in [-0.25, -0.2) is 9.97 Å². The first-order valence-electron chi connectivity index (χ1n) is 10.1. The van der Waals surface area contributed by atoms with Gasteiger partial charge in [-0.15, -0.1) is 0 Å². The lowest BCUT2D eigenvalue weighted by Gasteiger charge is -2.34. The van der Waals surface area contributed by atoms with E-state index < -0.39 is 0 Å². The van der Waals surface area contributed by atoms with Gasteiger partial charge in [0.2, 0.25) is 5.91 Å². The third-order valence-corrected chi connectivity index (χ3v) is 6.18. The average Bonchev–Trinajstić information content (AvgIpc) is 2.77. The van der Waals surface area contributed by atoms with E-state index in [9.17, 15) is 4.79 Å². The van der Waals surface area contributed by atoms with Crippen molar-refractivity contribution in [3.8, 4) is 5.75 Å². The Hall–Kier alpha value is -2.12. The molecule has 0 N–H and O–H groups in total. The molecular weight excluding hydrogens is 384 g/mol. The molecule has 29 heavy (non-hydrogen) atoms. The lowest BCUT2D eigenvalue weighted by molar-refractivity contribution is -0.127. The van der Waals surface area contributed by atoms with Crippen molar-refractivity contribution >= 4 is 17.7 Å². The number of aromatic nitrogens is 2. The summed E-state index contributed by atoms with van der Waals surface area (Å²) < 4.78 is 5.47. The van der Waals surface area contributed by atoms with Gasteiger partial charge in [-0.2, -0.15) is 0 Å². The summed E-state index contributed by atoms with van der Waals surface area (Å²) in [5, 5.41) is 0.648. The predicted molar refractivity (Wildman–Crippen MR) is 116 cm³/mol. The maximum absolute atomic E-state index is 12.5. The molecular formula is C22H30N4O2S. The highest BCUT2D eigenvalue weighted by Gasteiger charge is 2.23. The summed E-state index contributed by atoms with van der Waals surface area (Å²) in [4.78, 5) is 25.2. The molecule has 1 saturated heterocycles. The molecule has 2 heterocycles. The Morgan fingerprint density at radius 3 is 2.86 bits per heavy atom. The minimum atomic E-state index is 0.133. The number of rotatable bonds is 9. The Labute approximate surface area is 177 Å². The lowest BCUT2D eigenvalue weighted by Crippen LogP contribution is -2.42. The zero-order valence-corrected chi connectivity index (χ0v) is 18.1. The van der Waals surface area contributed by atoms with E-state index >= 15 is 0 Å². The summed E-state index contributed by atoms with van der Waals surface area (Å²) >= 11 is 1.39. The average molecular weight is 415 g/mol. The number of methoxy groups -OCH3 is 1. The first kappa shape index (κ1) is 21.6. The number of hydrogen-bond acceptors (Lipinski definition) is 6. The maximum atomic E-state index is 12.5. The number of nitrogens with zero attached hydrogens (tertiary/aromatic N) is 4. The highest BCUT2D eigenvalue weighted by molar-refractivity contribution is 7.99. The zero-order valence-electron chi connectivity index (χ0n) is 17.3. The van der Waals surface area contributed by atoms with Crippen LogP contribution in [0.5, 0.6) is 5.75 Å². The molecule has 0 aliphatic carbocycles. The van der Waals surface area contributed by atoms with Crippen LogP contribution in [0.2, 0.25) is 0 Å². The van der Waals surface area contributed by atoms with Gasteiger partial charge in [0.25, 0.3) is 0 Å². The third-order valence-electron chi connectivity index (χ3n) is 5.32. The van der Waals surface area contributed by atoms with Gasteiger partial charge in [-0.1, -0.05) is 30.0 Å². The number of benzene rings is 1. The van der Waals surface area contributed by atoms with Crippen LogP contribution in [-0.4, -0.2) is 71.8 Å². The van der Waals surface area contributed by atoms with Gasteiger partial charge in [0.15, 0.2) is 5.16 Å². The van der Waals surface area contributed by atoms with Crippen LogP contribution in [0, 0.1) is 5.92 Å². The van der Waals surface area contributed by atoms with E-state index in [0.29, 0.717) is 16.8 Å². The molecule has 0 saturated carbocycles. The molecule has 3 rings (SSSR count). The van der Waals surface area contributed by atoms with Crippen LogP contribution in [0.4, 0.5) is 0 Å². The number of piperidine rings is 1. The predicted octanol–water partition coefficient (Wildman–Crippen LogP) is 2.99. The van der Waals surface area contributed by atoms with Crippen molar-refractivity contribution in [2.24, 2.45) is 5.92 Å². The van der Waals surface area contributed by atoms with Crippen molar-refractivity contribution in [3.63, 3.8) is 0 Å². The molecule has 0 radical (unpaired) electrons. The number of carbonyl (C=O) groups is 1. The van der Waals surface area contributed by atoms with Crippen molar-refractivity contribution in [1.29, 1.82) is 0 Å². The van der Waals surface area contributed by atoms with Gasteiger partial charge in [-0.05, 0) is 49.4 Å². The lowest BCUT2D eigenvalue weighted by atomic mass is 9.97. The van der Waals surface area contributed by atoms with Gasteiger partial charge in [0, 0.05) is 39.1 Å². The number of amides is 1. The van der Waals surface area contributed by atoms with Crippen LogP contribution in [0.3, 0.4) is 0 Å². The van der Waals surface area contributed by atoms with Crippen molar-refractivity contribution in [1.82, 2.24) is 19.8 Å². The second-order valence-corrected chi connectivity index (χ2v) is 8.41. The number of likely N-dealkylation sites (tertiary alicyclic amines) is 1.